The first kappa shape index (κ1) is 19.2. The molecule has 0 N–H and O–H groups in total. The Balaban J connectivity index is 1.94. The molecule has 1 aliphatic carbocycles. The van der Waals surface area contributed by atoms with Crippen LogP contribution in [0.3, 0.4) is 0 Å². The summed E-state index contributed by atoms with van der Waals surface area (Å²) in [5, 5.41) is 0.804. The number of rotatable bonds is 4. The van der Waals surface area contributed by atoms with Gasteiger partial charge in [0.05, 0.1) is 18.2 Å². The molecule has 2 heterocycles. The molecule has 2 atom stereocenters. The maximum atomic E-state index is 13.6. The van der Waals surface area contributed by atoms with Crippen LogP contribution in [0.25, 0.3) is 15.9 Å². The lowest BCUT2D eigenvalue weighted by molar-refractivity contribution is -0.139. The number of thioether (sulfide) groups is 1. The number of aromatic nitrogens is 2. The summed E-state index contributed by atoms with van der Waals surface area (Å²) in [5.41, 5.74) is 1.87. The predicted molar refractivity (Wildman–Crippen MR) is 114 cm³/mol. The maximum absolute atomic E-state index is 13.6. The summed E-state index contributed by atoms with van der Waals surface area (Å²) in [7, 11) is 1.37. The molecule has 4 rings (SSSR count). The Morgan fingerprint density at radius 2 is 2.11 bits per heavy atom. The molecule has 5 nitrogen and oxygen atoms in total. The van der Waals surface area contributed by atoms with Crippen molar-refractivity contribution in [3.05, 3.63) is 51.1 Å². The summed E-state index contributed by atoms with van der Waals surface area (Å²) in [6.45, 7) is 4.02. The fraction of sp³-hybridized carbons (Fsp3) is 0.381. The zero-order valence-corrected chi connectivity index (χ0v) is 17.7. The summed E-state index contributed by atoms with van der Waals surface area (Å²) in [6, 6.07) is 9.49. The van der Waals surface area contributed by atoms with E-state index in [1.165, 1.54) is 23.7 Å². The van der Waals surface area contributed by atoms with E-state index in [-0.39, 0.29) is 11.5 Å². The summed E-state index contributed by atoms with van der Waals surface area (Å²) in [5.74, 6) is 0.295. The van der Waals surface area contributed by atoms with Crippen LogP contribution in [0.4, 0.5) is 0 Å². The van der Waals surface area contributed by atoms with Crippen molar-refractivity contribution in [2.24, 2.45) is 5.92 Å². The topological polar surface area (TPSA) is 61.2 Å². The van der Waals surface area contributed by atoms with Crippen molar-refractivity contribution in [1.82, 2.24) is 9.55 Å². The van der Waals surface area contributed by atoms with Gasteiger partial charge in [-0.05, 0) is 49.8 Å². The molecule has 0 unspecified atom stereocenters. The molecular weight excluding hydrogens is 392 g/mol. The molecule has 28 heavy (non-hydrogen) atoms. The van der Waals surface area contributed by atoms with E-state index in [0.717, 1.165) is 40.7 Å². The zero-order chi connectivity index (χ0) is 19.8. The van der Waals surface area contributed by atoms with Crippen LogP contribution < -0.4 is 5.56 Å². The van der Waals surface area contributed by atoms with Crippen molar-refractivity contribution in [2.45, 2.75) is 43.5 Å². The number of aryl methyl sites for hydroxylation is 1. The van der Waals surface area contributed by atoms with Gasteiger partial charge in [-0.1, -0.05) is 36.9 Å². The molecular formula is C21H22N2O3S2. The summed E-state index contributed by atoms with van der Waals surface area (Å²) in [4.78, 5) is 32.4. The van der Waals surface area contributed by atoms with E-state index in [2.05, 4.69) is 6.92 Å². The van der Waals surface area contributed by atoms with Crippen LogP contribution in [-0.4, -0.2) is 27.9 Å². The van der Waals surface area contributed by atoms with Crippen molar-refractivity contribution in [1.29, 1.82) is 0 Å². The smallest absolute Gasteiger partial charge is 0.318 e. The van der Waals surface area contributed by atoms with Gasteiger partial charge in [0, 0.05) is 4.88 Å². The molecule has 0 spiro atoms. The average Bonchev–Trinajstić information content (AvgIpc) is 3.05. The van der Waals surface area contributed by atoms with Gasteiger partial charge >= 0.3 is 5.97 Å². The standard InChI is InChI=1S/C21H22N2O3S2/c1-12-9-10-15-16(11-12)28-18-17(15)19(24)23(14-7-5-4-6-8-14)21(22-18)27-13(2)20(25)26-3/h4-8,12-13H,9-11H2,1-3H3/t12-,13-/m1/s1. The van der Waals surface area contributed by atoms with Gasteiger partial charge in [-0.15, -0.1) is 11.3 Å². The van der Waals surface area contributed by atoms with Crippen LogP contribution >= 0.6 is 23.1 Å². The Labute approximate surface area is 171 Å². The van der Waals surface area contributed by atoms with Gasteiger partial charge in [0.15, 0.2) is 5.16 Å². The highest BCUT2D eigenvalue weighted by molar-refractivity contribution is 8.00. The fourth-order valence-electron chi connectivity index (χ4n) is 3.63. The second-order valence-electron chi connectivity index (χ2n) is 7.19. The minimum Gasteiger partial charge on any atom is -0.468 e. The number of carbonyl (C=O) groups excluding carboxylic acids is 1. The molecule has 0 bridgehead atoms. The van der Waals surface area contributed by atoms with Gasteiger partial charge < -0.3 is 4.74 Å². The predicted octanol–water partition coefficient (Wildman–Crippen LogP) is 4.23. The SMILES string of the molecule is COC(=O)[C@@H](C)Sc1nc2sc3c(c2c(=O)n1-c1ccccc1)CC[C@@H](C)C3. The van der Waals surface area contributed by atoms with Crippen molar-refractivity contribution in [3.8, 4) is 5.69 Å². The normalized spacial score (nSPS) is 17.3. The number of nitrogens with zero attached hydrogens (tertiary/aromatic N) is 2. The number of methoxy groups -OCH3 is 1. The van der Waals surface area contributed by atoms with E-state index in [1.54, 1.807) is 22.8 Å². The van der Waals surface area contributed by atoms with Gasteiger partial charge in [-0.3, -0.25) is 14.2 Å². The van der Waals surface area contributed by atoms with Crippen LogP contribution in [-0.2, 0) is 22.4 Å². The maximum Gasteiger partial charge on any atom is 0.318 e. The number of benzene rings is 1. The minimum atomic E-state index is -0.459. The van der Waals surface area contributed by atoms with E-state index in [9.17, 15) is 9.59 Å². The van der Waals surface area contributed by atoms with Gasteiger partial charge in [0.1, 0.15) is 10.1 Å². The van der Waals surface area contributed by atoms with Crippen LogP contribution in [0, 0.1) is 5.92 Å². The second kappa shape index (κ2) is 7.72. The average molecular weight is 415 g/mol. The van der Waals surface area contributed by atoms with Gasteiger partial charge in [0.25, 0.3) is 5.56 Å². The van der Waals surface area contributed by atoms with Crippen molar-refractivity contribution < 1.29 is 9.53 Å². The van der Waals surface area contributed by atoms with Gasteiger partial charge in [0.2, 0.25) is 0 Å². The van der Waals surface area contributed by atoms with E-state index in [4.69, 9.17) is 9.72 Å². The quantitative estimate of drug-likeness (QED) is 0.363. The number of hydrogen-bond acceptors (Lipinski definition) is 6. The number of carbonyl (C=O) groups is 1. The first-order valence-electron chi connectivity index (χ1n) is 9.36. The minimum absolute atomic E-state index is 0.0529. The summed E-state index contributed by atoms with van der Waals surface area (Å²) in [6.07, 6.45) is 3.02. The highest BCUT2D eigenvalue weighted by Gasteiger charge is 2.26. The Hall–Kier alpha value is -2.12. The molecule has 1 aromatic carbocycles. The monoisotopic (exact) mass is 414 g/mol. The first-order valence-corrected chi connectivity index (χ1v) is 11.1. The van der Waals surface area contributed by atoms with Crippen molar-refractivity contribution >= 4 is 39.3 Å². The lowest BCUT2D eigenvalue weighted by atomic mass is 9.89. The van der Waals surface area contributed by atoms with E-state index in [0.29, 0.717) is 11.1 Å². The highest BCUT2D eigenvalue weighted by atomic mass is 32.2. The van der Waals surface area contributed by atoms with E-state index < -0.39 is 5.25 Å². The van der Waals surface area contributed by atoms with Crippen LogP contribution in [0.5, 0.6) is 0 Å². The van der Waals surface area contributed by atoms with Gasteiger partial charge in [-0.2, -0.15) is 0 Å². The molecule has 1 aliphatic rings. The van der Waals surface area contributed by atoms with Crippen molar-refractivity contribution in [3.63, 3.8) is 0 Å². The summed E-state index contributed by atoms with van der Waals surface area (Å²) < 4.78 is 6.49. The third-order valence-corrected chi connectivity index (χ3v) is 7.31. The van der Waals surface area contributed by atoms with Crippen LogP contribution in [0.2, 0.25) is 0 Å². The molecule has 0 saturated carbocycles. The van der Waals surface area contributed by atoms with Crippen molar-refractivity contribution in [2.75, 3.05) is 7.11 Å². The molecule has 146 valence electrons. The van der Waals surface area contributed by atoms with Crippen LogP contribution in [0.15, 0.2) is 40.3 Å². The second-order valence-corrected chi connectivity index (χ2v) is 9.58. The Morgan fingerprint density at radius 3 is 2.82 bits per heavy atom. The lowest BCUT2D eigenvalue weighted by Crippen LogP contribution is -2.24. The molecule has 0 aliphatic heterocycles. The number of hydrogen-bond donors (Lipinski definition) is 0. The fourth-order valence-corrected chi connectivity index (χ4v) is 6.00. The third-order valence-electron chi connectivity index (χ3n) is 5.13. The molecule has 0 amide bonds. The molecule has 0 radical (unpaired) electrons. The Morgan fingerprint density at radius 1 is 1.36 bits per heavy atom. The number of thiophene rings is 1. The zero-order valence-electron chi connectivity index (χ0n) is 16.1. The number of fused-ring (bicyclic) bond motifs is 3. The third kappa shape index (κ3) is 3.37. The molecule has 0 fully saturated rings. The van der Waals surface area contributed by atoms with E-state index >= 15 is 0 Å². The molecule has 2 aromatic heterocycles. The van der Waals surface area contributed by atoms with Gasteiger partial charge in [-0.25, -0.2) is 4.98 Å². The molecule has 7 heteroatoms. The Kier molecular flexibility index (Phi) is 5.29. The number of ether oxygens (including phenoxy) is 1. The Bertz CT molecular complexity index is 1090. The summed E-state index contributed by atoms with van der Waals surface area (Å²) >= 11 is 2.88. The number of esters is 1. The lowest BCUT2D eigenvalue weighted by Gasteiger charge is -2.18. The first-order chi connectivity index (χ1) is 13.5. The highest BCUT2D eigenvalue weighted by Crippen LogP contribution is 2.37. The van der Waals surface area contributed by atoms with Crippen LogP contribution in [0.1, 0.15) is 30.7 Å². The van der Waals surface area contributed by atoms with E-state index in [1.807, 2.05) is 30.3 Å². The molecule has 0 saturated heterocycles. The largest absolute Gasteiger partial charge is 0.468 e. The molecule has 3 aromatic rings. The number of para-hydroxylation sites is 1.